The molecular formula is C9H9FN2. The van der Waals surface area contributed by atoms with E-state index in [9.17, 15) is 4.39 Å². The molecule has 0 saturated carbocycles. The average Bonchev–Trinajstić information content (AvgIpc) is 2.05. The first-order valence-corrected chi connectivity index (χ1v) is 3.70. The summed E-state index contributed by atoms with van der Waals surface area (Å²) < 4.78 is 12.7. The zero-order chi connectivity index (χ0) is 9.14. The second-order valence-electron chi connectivity index (χ2n) is 2.87. The van der Waals surface area contributed by atoms with E-state index in [0.29, 0.717) is 0 Å². The summed E-state index contributed by atoms with van der Waals surface area (Å²) in [6, 6.07) is 3.29. The van der Waals surface area contributed by atoms with Crippen LogP contribution in [0.3, 0.4) is 0 Å². The van der Waals surface area contributed by atoms with Gasteiger partial charge in [-0.3, -0.25) is 0 Å². The van der Waals surface area contributed by atoms with E-state index in [-0.39, 0.29) is 11.5 Å². The molecule has 1 heterocycles. The second-order valence-corrected chi connectivity index (χ2v) is 2.87. The van der Waals surface area contributed by atoms with Gasteiger partial charge >= 0.3 is 0 Å². The van der Waals surface area contributed by atoms with E-state index in [1.165, 1.54) is 12.3 Å². The molecule has 0 aliphatic heterocycles. The van der Waals surface area contributed by atoms with E-state index in [2.05, 4.69) is 4.98 Å². The third kappa shape index (κ3) is 1.59. The molecule has 0 aliphatic carbocycles. The van der Waals surface area contributed by atoms with Gasteiger partial charge in [0.25, 0.3) is 0 Å². The molecule has 0 atom stereocenters. The lowest BCUT2D eigenvalue weighted by Crippen LogP contribution is -1.94. The Hall–Kier alpha value is -1.43. The summed E-state index contributed by atoms with van der Waals surface area (Å²) in [5, 5.41) is 8.49. The standard InChI is InChI=1S/C9H9FN2/c1-6(2)8-3-7(4-11)9(10)12-5-8/h3,5-6H,1-2H3. The first-order valence-electron chi connectivity index (χ1n) is 3.70. The van der Waals surface area contributed by atoms with Crippen LogP contribution in [0.15, 0.2) is 12.3 Å². The summed E-state index contributed by atoms with van der Waals surface area (Å²) in [6.45, 7) is 3.94. The topological polar surface area (TPSA) is 36.7 Å². The van der Waals surface area contributed by atoms with Gasteiger partial charge in [-0.2, -0.15) is 9.65 Å². The van der Waals surface area contributed by atoms with Gasteiger partial charge in [-0.05, 0) is 17.5 Å². The molecule has 0 unspecified atom stereocenters. The van der Waals surface area contributed by atoms with Crippen molar-refractivity contribution in [2.24, 2.45) is 0 Å². The van der Waals surface area contributed by atoms with Crippen LogP contribution in [0.5, 0.6) is 0 Å². The molecule has 0 fully saturated rings. The van der Waals surface area contributed by atoms with Crippen molar-refractivity contribution < 1.29 is 4.39 Å². The van der Waals surface area contributed by atoms with Crippen molar-refractivity contribution in [2.75, 3.05) is 0 Å². The molecule has 0 amide bonds. The summed E-state index contributed by atoms with van der Waals surface area (Å²) in [5.74, 6) is -0.424. The number of rotatable bonds is 1. The van der Waals surface area contributed by atoms with E-state index in [1.54, 1.807) is 6.07 Å². The fourth-order valence-electron chi connectivity index (χ4n) is 0.858. The minimum absolute atomic E-state index is 0.0150. The minimum atomic E-state index is -0.693. The third-order valence-corrected chi connectivity index (χ3v) is 1.65. The summed E-state index contributed by atoms with van der Waals surface area (Å²) >= 11 is 0. The molecule has 0 N–H and O–H groups in total. The molecule has 3 heteroatoms. The minimum Gasteiger partial charge on any atom is -0.227 e. The van der Waals surface area contributed by atoms with Gasteiger partial charge in [0.2, 0.25) is 5.95 Å². The van der Waals surface area contributed by atoms with Gasteiger partial charge < -0.3 is 0 Å². The molecule has 1 aromatic rings. The van der Waals surface area contributed by atoms with E-state index >= 15 is 0 Å². The lowest BCUT2D eigenvalue weighted by molar-refractivity contribution is 0.577. The number of halogens is 1. The zero-order valence-corrected chi connectivity index (χ0v) is 7.00. The smallest absolute Gasteiger partial charge is 0.227 e. The fourth-order valence-corrected chi connectivity index (χ4v) is 0.858. The van der Waals surface area contributed by atoms with Crippen LogP contribution in [0.4, 0.5) is 4.39 Å². The number of nitriles is 1. The average molecular weight is 164 g/mol. The van der Waals surface area contributed by atoms with Crippen molar-refractivity contribution >= 4 is 0 Å². The van der Waals surface area contributed by atoms with Crippen molar-refractivity contribution in [1.82, 2.24) is 4.98 Å². The maximum atomic E-state index is 12.7. The Morgan fingerprint density at radius 1 is 1.58 bits per heavy atom. The summed E-state index contributed by atoms with van der Waals surface area (Å²) in [5.41, 5.74) is 0.897. The SMILES string of the molecule is CC(C)c1cnc(F)c(C#N)c1. The second kappa shape index (κ2) is 3.31. The molecule has 2 nitrogen and oxygen atoms in total. The monoisotopic (exact) mass is 164 g/mol. The maximum Gasteiger partial charge on any atom is 0.230 e. The molecule has 0 aliphatic rings. The predicted octanol–water partition coefficient (Wildman–Crippen LogP) is 2.22. The molecule has 0 bridgehead atoms. The Morgan fingerprint density at radius 3 is 2.75 bits per heavy atom. The van der Waals surface area contributed by atoms with Crippen molar-refractivity contribution in [3.63, 3.8) is 0 Å². The van der Waals surface area contributed by atoms with Crippen LogP contribution in [-0.4, -0.2) is 4.98 Å². The Labute approximate surface area is 70.7 Å². The molecular weight excluding hydrogens is 155 g/mol. The predicted molar refractivity (Wildman–Crippen MR) is 43.0 cm³/mol. The lowest BCUT2D eigenvalue weighted by atomic mass is 10.0. The van der Waals surface area contributed by atoms with E-state index in [1.807, 2.05) is 13.8 Å². The quantitative estimate of drug-likeness (QED) is 0.596. The Morgan fingerprint density at radius 2 is 2.25 bits per heavy atom. The molecule has 1 aromatic heterocycles. The third-order valence-electron chi connectivity index (χ3n) is 1.65. The molecule has 0 spiro atoms. The van der Waals surface area contributed by atoms with Crippen LogP contribution in [0, 0.1) is 17.3 Å². The maximum absolute atomic E-state index is 12.7. The highest BCUT2D eigenvalue weighted by atomic mass is 19.1. The van der Waals surface area contributed by atoms with Gasteiger partial charge in [0.05, 0.1) is 0 Å². The molecule has 62 valence electrons. The van der Waals surface area contributed by atoms with Crippen LogP contribution in [0.1, 0.15) is 30.9 Å². The van der Waals surface area contributed by atoms with Gasteiger partial charge in [-0.15, -0.1) is 0 Å². The molecule has 0 radical (unpaired) electrons. The number of nitrogens with zero attached hydrogens (tertiary/aromatic N) is 2. The van der Waals surface area contributed by atoms with Gasteiger partial charge in [0.15, 0.2) is 0 Å². The van der Waals surface area contributed by atoms with Crippen LogP contribution >= 0.6 is 0 Å². The van der Waals surface area contributed by atoms with Gasteiger partial charge in [0.1, 0.15) is 11.6 Å². The van der Waals surface area contributed by atoms with E-state index in [4.69, 9.17) is 5.26 Å². The summed E-state index contributed by atoms with van der Waals surface area (Å²) in [6.07, 6.45) is 1.46. The van der Waals surface area contributed by atoms with E-state index < -0.39 is 5.95 Å². The van der Waals surface area contributed by atoms with Gasteiger partial charge in [-0.25, -0.2) is 4.98 Å². The van der Waals surface area contributed by atoms with Crippen LogP contribution < -0.4 is 0 Å². The van der Waals surface area contributed by atoms with E-state index in [0.717, 1.165) is 5.56 Å². The number of hydrogen-bond donors (Lipinski definition) is 0. The molecule has 1 rings (SSSR count). The fraction of sp³-hybridized carbons (Fsp3) is 0.333. The van der Waals surface area contributed by atoms with Crippen molar-refractivity contribution in [3.8, 4) is 6.07 Å². The number of hydrogen-bond acceptors (Lipinski definition) is 2. The van der Waals surface area contributed by atoms with Gasteiger partial charge in [-0.1, -0.05) is 13.8 Å². The Bertz CT molecular complexity index is 326. The van der Waals surface area contributed by atoms with Crippen LogP contribution in [-0.2, 0) is 0 Å². The van der Waals surface area contributed by atoms with Crippen molar-refractivity contribution in [2.45, 2.75) is 19.8 Å². The highest BCUT2D eigenvalue weighted by Crippen LogP contribution is 2.15. The number of aromatic nitrogens is 1. The van der Waals surface area contributed by atoms with Crippen LogP contribution in [0.2, 0.25) is 0 Å². The summed E-state index contributed by atoms with van der Waals surface area (Å²) in [4.78, 5) is 3.48. The molecule has 0 aromatic carbocycles. The molecule has 12 heavy (non-hydrogen) atoms. The normalized spacial score (nSPS) is 9.92. The lowest BCUT2D eigenvalue weighted by Gasteiger charge is -2.03. The summed E-state index contributed by atoms with van der Waals surface area (Å²) in [7, 11) is 0. The van der Waals surface area contributed by atoms with Gasteiger partial charge in [0, 0.05) is 6.20 Å². The highest BCUT2D eigenvalue weighted by Gasteiger charge is 2.05. The largest absolute Gasteiger partial charge is 0.230 e. The highest BCUT2D eigenvalue weighted by molar-refractivity contribution is 5.31. The first kappa shape index (κ1) is 8.66. The zero-order valence-electron chi connectivity index (χ0n) is 7.00. The number of pyridine rings is 1. The van der Waals surface area contributed by atoms with Crippen molar-refractivity contribution in [3.05, 3.63) is 29.3 Å². The van der Waals surface area contributed by atoms with Crippen LogP contribution in [0.25, 0.3) is 0 Å². The Kier molecular flexibility index (Phi) is 2.39. The van der Waals surface area contributed by atoms with Crippen molar-refractivity contribution in [1.29, 1.82) is 5.26 Å². The first-order chi connectivity index (χ1) is 5.65. The molecule has 0 saturated heterocycles. The Balaban J connectivity index is 3.16.